The van der Waals surface area contributed by atoms with Gasteiger partial charge in [0.15, 0.2) is 0 Å². The van der Waals surface area contributed by atoms with Gasteiger partial charge in [-0.25, -0.2) is 0 Å². The molecule has 1 aliphatic carbocycles. The topological polar surface area (TPSA) is 94.3 Å². The van der Waals surface area contributed by atoms with E-state index in [2.05, 4.69) is 10.3 Å². The number of aryl methyl sites for hydroxylation is 1. The van der Waals surface area contributed by atoms with Crippen LogP contribution in [0, 0.1) is 12.8 Å². The summed E-state index contributed by atoms with van der Waals surface area (Å²) in [5.41, 5.74) is 7.63. The molecular weight excluding hydrogens is 314 g/mol. The summed E-state index contributed by atoms with van der Waals surface area (Å²) in [6.45, 7) is 2.47. The van der Waals surface area contributed by atoms with Crippen molar-refractivity contribution in [2.75, 3.05) is 13.2 Å². The molecule has 0 saturated heterocycles. The van der Waals surface area contributed by atoms with E-state index in [4.69, 9.17) is 10.5 Å². The van der Waals surface area contributed by atoms with Crippen LogP contribution in [0.4, 0.5) is 0 Å². The lowest BCUT2D eigenvalue weighted by Crippen LogP contribution is -2.43. The quantitative estimate of drug-likeness (QED) is 0.783. The minimum atomic E-state index is -0.841. The summed E-state index contributed by atoms with van der Waals surface area (Å²) in [4.78, 5) is 28.7. The number of carbonyl (C=O) groups is 2. The summed E-state index contributed by atoms with van der Waals surface area (Å²) in [5, 5.41) is 2.68. The third-order valence-electron chi connectivity index (χ3n) is 3.78. The summed E-state index contributed by atoms with van der Waals surface area (Å²) in [5.74, 6) is -0.223. The van der Waals surface area contributed by atoms with E-state index in [1.54, 1.807) is 12.3 Å². The van der Waals surface area contributed by atoms with E-state index in [9.17, 15) is 9.59 Å². The van der Waals surface area contributed by atoms with E-state index in [0.29, 0.717) is 17.4 Å². The van der Waals surface area contributed by atoms with E-state index in [1.165, 1.54) is 11.3 Å². The van der Waals surface area contributed by atoms with Gasteiger partial charge >= 0.3 is 5.97 Å². The van der Waals surface area contributed by atoms with Crippen molar-refractivity contribution in [3.05, 3.63) is 28.8 Å². The maximum absolute atomic E-state index is 12.2. The molecular formula is C16H19N3O3S. The van der Waals surface area contributed by atoms with Gasteiger partial charge < -0.3 is 15.8 Å². The van der Waals surface area contributed by atoms with Crippen molar-refractivity contribution < 1.29 is 14.3 Å². The molecule has 2 heterocycles. The SMILES string of the molecule is Cc1ccnc2cc(C(=O)NCC(N)C(=O)OCC3CC3)sc12. The van der Waals surface area contributed by atoms with Gasteiger partial charge in [-0.15, -0.1) is 11.3 Å². The highest BCUT2D eigenvalue weighted by Gasteiger charge is 2.25. The van der Waals surface area contributed by atoms with Crippen molar-refractivity contribution in [2.24, 2.45) is 11.7 Å². The Kier molecular flexibility index (Phi) is 4.58. The number of fused-ring (bicyclic) bond motifs is 1. The second kappa shape index (κ2) is 6.64. The van der Waals surface area contributed by atoms with Crippen molar-refractivity contribution in [3.63, 3.8) is 0 Å². The zero-order valence-corrected chi connectivity index (χ0v) is 13.7. The summed E-state index contributed by atoms with van der Waals surface area (Å²) in [6, 6.07) is 2.82. The average molecular weight is 333 g/mol. The number of ether oxygens (including phenoxy) is 1. The molecule has 2 aromatic heterocycles. The van der Waals surface area contributed by atoms with Gasteiger partial charge in [0, 0.05) is 12.7 Å². The number of nitrogens with one attached hydrogen (secondary N) is 1. The van der Waals surface area contributed by atoms with Crippen LogP contribution in [0.1, 0.15) is 28.1 Å². The van der Waals surface area contributed by atoms with Crippen molar-refractivity contribution >= 4 is 33.4 Å². The number of aromatic nitrogens is 1. The van der Waals surface area contributed by atoms with Crippen molar-refractivity contribution in [2.45, 2.75) is 25.8 Å². The molecule has 3 rings (SSSR count). The van der Waals surface area contributed by atoms with Gasteiger partial charge in [0.2, 0.25) is 0 Å². The number of amides is 1. The molecule has 6 nitrogen and oxygen atoms in total. The molecule has 3 N–H and O–H groups in total. The first-order valence-corrected chi connectivity index (χ1v) is 8.42. The van der Waals surface area contributed by atoms with Crippen LogP contribution in [0.25, 0.3) is 10.2 Å². The number of thiophene rings is 1. The Morgan fingerprint density at radius 1 is 1.52 bits per heavy atom. The number of rotatable bonds is 6. The molecule has 1 fully saturated rings. The van der Waals surface area contributed by atoms with E-state index in [1.807, 2.05) is 13.0 Å². The number of hydrogen-bond donors (Lipinski definition) is 2. The molecule has 23 heavy (non-hydrogen) atoms. The third-order valence-corrected chi connectivity index (χ3v) is 5.03. The number of hydrogen-bond acceptors (Lipinski definition) is 6. The van der Waals surface area contributed by atoms with Crippen LogP contribution < -0.4 is 11.1 Å². The van der Waals surface area contributed by atoms with Gasteiger partial charge in [-0.3, -0.25) is 14.6 Å². The first-order valence-electron chi connectivity index (χ1n) is 7.60. The Labute approximate surface area is 138 Å². The smallest absolute Gasteiger partial charge is 0.324 e. The zero-order chi connectivity index (χ0) is 16.4. The minimum Gasteiger partial charge on any atom is -0.464 e. The van der Waals surface area contributed by atoms with Crippen molar-refractivity contribution in [1.29, 1.82) is 0 Å². The van der Waals surface area contributed by atoms with Crippen molar-refractivity contribution in [1.82, 2.24) is 10.3 Å². The predicted octanol–water partition coefficient (Wildman–Crippen LogP) is 1.62. The summed E-state index contributed by atoms with van der Waals surface area (Å²) in [7, 11) is 0. The fourth-order valence-corrected chi connectivity index (χ4v) is 3.14. The van der Waals surface area contributed by atoms with Gasteiger partial charge in [0.05, 0.1) is 21.7 Å². The molecule has 0 aliphatic heterocycles. The molecule has 0 radical (unpaired) electrons. The van der Waals surface area contributed by atoms with Gasteiger partial charge in [0.25, 0.3) is 5.91 Å². The molecule has 1 saturated carbocycles. The Balaban J connectivity index is 1.55. The van der Waals surface area contributed by atoms with Gasteiger partial charge in [-0.05, 0) is 43.4 Å². The second-order valence-corrected chi connectivity index (χ2v) is 6.89. The molecule has 2 aromatic rings. The predicted molar refractivity (Wildman–Crippen MR) is 88.3 cm³/mol. The molecule has 122 valence electrons. The molecule has 1 unspecified atom stereocenters. The lowest BCUT2D eigenvalue weighted by Gasteiger charge is -2.11. The summed E-state index contributed by atoms with van der Waals surface area (Å²) in [6.07, 6.45) is 3.94. The van der Waals surface area contributed by atoms with Gasteiger partial charge in [-0.2, -0.15) is 0 Å². The van der Waals surface area contributed by atoms with Crippen LogP contribution in [0.2, 0.25) is 0 Å². The molecule has 1 aliphatic rings. The van der Waals surface area contributed by atoms with E-state index in [-0.39, 0.29) is 12.5 Å². The first-order chi connectivity index (χ1) is 11.0. The summed E-state index contributed by atoms with van der Waals surface area (Å²) < 4.78 is 6.10. The largest absolute Gasteiger partial charge is 0.464 e. The Morgan fingerprint density at radius 3 is 3.00 bits per heavy atom. The molecule has 0 bridgehead atoms. The highest BCUT2D eigenvalue weighted by atomic mass is 32.1. The molecule has 1 amide bonds. The molecule has 0 spiro atoms. The normalized spacial score (nSPS) is 15.4. The number of esters is 1. The Bertz CT molecular complexity index is 739. The highest BCUT2D eigenvalue weighted by Crippen LogP contribution is 2.29. The van der Waals surface area contributed by atoms with Gasteiger partial charge in [0.1, 0.15) is 6.04 Å². The average Bonchev–Trinajstić information content (AvgIpc) is 3.26. The van der Waals surface area contributed by atoms with E-state index in [0.717, 1.165) is 28.6 Å². The number of carbonyl (C=O) groups excluding carboxylic acids is 2. The molecule has 0 aromatic carbocycles. The fourth-order valence-electron chi connectivity index (χ4n) is 2.14. The lowest BCUT2D eigenvalue weighted by molar-refractivity contribution is -0.145. The van der Waals surface area contributed by atoms with E-state index >= 15 is 0 Å². The molecule has 1 atom stereocenters. The third kappa shape index (κ3) is 3.86. The van der Waals surface area contributed by atoms with Gasteiger partial charge in [-0.1, -0.05) is 0 Å². The number of nitrogens with two attached hydrogens (primary N) is 1. The zero-order valence-electron chi connectivity index (χ0n) is 12.9. The van der Waals surface area contributed by atoms with Crippen LogP contribution in [-0.2, 0) is 9.53 Å². The maximum atomic E-state index is 12.2. The first kappa shape index (κ1) is 15.9. The van der Waals surface area contributed by atoms with Crippen LogP contribution in [0.3, 0.4) is 0 Å². The van der Waals surface area contributed by atoms with E-state index < -0.39 is 12.0 Å². The van der Waals surface area contributed by atoms with Crippen molar-refractivity contribution in [3.8, 4) is 0 Å². The second-order valence-electron chi connectivity index (χ2n) is 5.84. The number of pyridine rings is 1. The van der Waals surface area contributed by atoms with Crippen LogP contribution in [0.15, 0.2) is 18.3 Å². The van der Waals surface area contributed by atoms with Crippen LogP contribution in [0.5, 0.6) is 0 Å². The maximum Gasteiger partial charge on any atom is 0.324 e. The fraction of sp³-hybridized carbons (Fsp3) is 0.438. The summed E-state index contributed by atoms with van der Waals surface area (Å²) >= 11 is 1.38. The lowest BCUT2D eigenvalue weighted by atomic mass is 10.2. The monoisotopic (exact) mass is 333 g/mol. The van der Waals surface area contributed by atoms with Crippen LogP contribution in [-0.4, -0.2) is 36.1 Å². The van der Waals surface area contributed by atoms with Crippen LogP contribution >= 0.6 is 11.3 Å². The molecule has 7 heteroatoms. The minimum absolute atomic E-state index is 0.0585. The Hall–Kier alpha value is -1.99. The Morgan fingerprint density at radius 2 is 2.30 bits per heavy atom. The standard InChI is InChI=1S/C16H19N3O3S/c1-9-4-5-18-12-6-13(23-14(9)12)15(20)19-7-11(17)16(21)22-8-10-2-3-10/h4-6,10-11H,2-3,7-8,17H2,1H3,(H,19,20). The highest BCUT2D eigenvalue weighted by molar-refractivity contribution is 7.21. The number of nitrogens with zero attached hydrogens (tertiary/aromatic N) is 1.